The number of carbonyl (C=O) groups excluding carboxylic acids is 1. The van der Waals surface area contributed by atoms with Crippen molar-refractivity contribution in [2.75, 3.05) is 32.1 Å². The molecule has 0 spiro atoms. The molecule has 0 unspecified atom stereocenters. The third-order valence-corrected chi connectivity index (χ3v) is 1.82. The molecule has 0 saturated carbocycles. The standard InChI is InChI=1S/C10H20BrNO3/c1-10(2,3)15-9(13)12(4)6-8-14-7-5-11/h5-8H2,1-4H3. The Hall–Kier alpha value is -0.290. The minimum absolute atomic E-state index is 0.315. The van der Waals surface area contributed by atoms with E-state index in [0.717, 1.165) is 5.33 Å². The van der Waals surface area contributed by atoms with Gasteiger partial charge in [-0.05, 0) is 20.8 Å². The van der Waals surface area contributed by atoms with Crippen molar-refractivity contribution in [3.63, 3.8) is 0 Å². The van der Waals surface area contributed by atoms with E-state index in [1.807, 2.05) is 20.8 Å². The number of hydrogen-bond acceptors (Lipinski definition) is 3. The van der Waals surface area contributed by atoms with Crippen LogP contribution in [0.5, 0.6) is 0 Å². The quantitative estimate of drug-likeness (QED) is 0.573. The van der Waals surface area contributed by atoms with Gasteiger partial charge in [0.25, 0.3) is 0 Å². The van der Waals surface area contributed by atoms with E-state index in [4.69, 9.17) is 9.47 Å². The van der Waals surface area contributed by atoms with Crippen LogP contribution in [0.2, 0.25) is 0 Å². The fourth-order valence-electron chi connectivity index (χ4n) is 0.789. The van der Waals surface area contributed by atoms with E-state index in [9.17, 15) is 4.79 Å². The van der Waals surface area contributed by atoms with Gasteiger partial charge in [0.2, 0.25) is 0 Å². The zero-order chi connectivity index (χ0) is 11.9. The van der Waals surface area contributed by atoms with Crippen LogP contribution in [-0.2, 0) is 9.47 Å². The molecule has 5 heteroatoms. The zero-order valence-corrected chi connectivity index (χ0v) is 11.5. The van der Waals surface area contributed by atoms with Crippen LogP contribution >= 0.6 is 15.9 Å². The highest BCUT2D eigenvalue weighted by Crippen LogP contribution is 2.08. The Labute approximate surface area is 100 Å². The third-order valence-electron chi connectivity index (χ3n) is 1.50. The summed E-state index contributed by atoms with van der Waals surface area (Å²) in [5.74, 6) is 0. The van der Waals surface area contributed by atoms with Crippen LogP contribution in [0.3, 0.4) is 0 Å². The maximum Gasteiger partial charge on any atom is 0.410 e. The van der Waals surface area contributed by atoms with E-state index < -0.39 is 5.60 Å². The summed E-state index contributed by atoms with van der Waals surface area (Å²) in [5.41, 5.74) is -0.442. The Morgan fingerprint density at radius 1 is 1.33 bits per heavy atom. The molecule has 0 aromatic heterocycles. The van der Waals surface area contributed by atoms with Gasteiger partial charge >= 0.3 is 6.09 Å². The number of likely N-dealkylation sites (N-methyl/N-ethyl adjacent to an activating group) is 1. The van der Waals surface area contributed by atoms with Gasteiger partial charge in [0.1, 0.15) is 5.60 Å². The molecule has 0 aliphatic heterocycles. The average molecular weight is 282 g/mol. The summed E-state index contributed by atoms with van der Waals surface area (Å²) in [4.78, 5) is 13.0. The van der Waals surface area contributed by atoms with Crippen molar-refractivity contribution >= 4 is 22.0 Å². The van der Waals surface area contributed by atoms with Gasteiger partial charge in [-0.2, -0.15) is 0 Å². The van der Waals surface area contributed by atoms with E-state index >= 15 is 0 Å². The SMILES string of the molecule is CN(CCOCCBr)C(=O)OC(C)(C)C. The Morgan fingerprint density at radius 3 is 2.40 bits per heavy atom. The van der Waals surface area contributed by atoms with Gasteiger partial charge in [-0.1, -0.05) is 15.9 Å². The van der Waals surface area contributed by atoms with Crippen molar-refractivity contribution in [1.29, 1.82) is 0 Å². The van der Waals surface area contributed by atoms with Gasteiger partial charge in [0, 0.05) is 18.9 Å². The zero-order valence-electron chi connectivity index (χ0n) is 9.88. The van der Waals surface area contributed by atoms with E-state index in [0.29, 0.717) is 19.8 Å². The molecule has 0 saturated heterocycles. The van der Waals surface area contributed by atoms with Crippen LogP contribution in [0.1, 0.15) is 20.8 Å². The molecule has 0 fully saturated rings. The Bertz CT molecular complexity index is 192. The first kappa shape index (κ1) is 14.7. The van der Waals surface area contributed by atoms with Crippen LogP contribution in [0.15, 0.2) is 0 Å². The van der Waals surface area contributed by atoms with E-state index in [1.54, 1.807) is 7.05 Å². The molecule has 0 atom stereocenters. The molecule has 0 N–H and O–H groups in total. The maximum atomic E-state index is 11.5. The first-order valence-electron chi connectivity index (χ1n) is 4.94. The lowest BCUT2D eigenvalue weighted by atomic mass is 10.2. The molecule has 0 aromatic rings. The topological polar surface area (TPSA) is 38.8 Å². The number of amides is 1. The van der Waals surface area contributed by atoms with Gasteiger partial charge in [0.05, 0.1) is 13.2 Å². The summed E-state index contributed by atoms with van der Waals surface area (Å²) < 4.78 is 10.4. The molecule has 0 aliphatic rings. The lowest BCUT2D eigenvalue weighted by Crippen LogP contribution is -2.36. The average Bonchev–Trinajstić information content (AvgIpc) is 2.09. The molecular weight excluding hydrogens is 262 g/mol. The molecular formula is C10H20BrNO3. The minimum Gasteiger partial charge on any atom is -0.444 e. The van der Waals surface area contributed by atoms with Crippen LogP contribution in [0, 0.1) is 0 Å². The number of hydrogen-bond donors (Lipinski definition) is 0. The number of halogens is 1. The van der Waals surface area contributed by atoms with Crippen molar-refractivity contribution < 1.29 is 14.3 Å². The first-order chi connectivity index (χ1) is 6.87. The molecule has 1 amide bonds. The number of nitrogens with zero attached hydrogens (tertiary/aromatic N) is 1. The van der Waals surface area contributed by atoms with E-state index in [-0.39, 0.29) is 6.09 Å². The van der Waals surface area contributed by atoms with Crippen molar-refractivity contribution in [1.82, 2.24) is 4.90 Å². The molecule has 0 bridgehead atoms. The molecule has 0 rings (SSSR count). The Morgan fingerprint density at radius 2 is 1.93 bits per heavy atom. The highest BCUT2D eigenvalue weighted by atomic mass is 79.9. The molecule has 4 nitrogen and oxygen atoms in total. The number of alkyl halides is 1. The summed E-state index contributed by atoms with van der Waals surface area (Å²) in [5, 5.41) is 0.809. The molecule has 0 aliphatic carbocycles. The van der Waals surface area contributed by atoms with Gasteiger partial charge in [0.15, 0.2) is 0 Å². The predicted molar refractivity (Wildman–Crippen MR) is 63.5 cm³/mol. The largest absolute Gasteiger partial charge is 0.444 e. The van der Waals surface area contributed by atoms with E-state index in [2.05, 4.69) is 15.9 Å². The highest BCUT2D eigenvalue weighted by Gasteiger charge is 2.18. The molecule has 0 aromatic carbocycles. The highest BCUT2D eigenvalue weighted by molar-refractivity contribution is 9.09. The summed E-state index contributed by atoms with van der Waals surface area (Å²) in [6.45, 7) is 7.27. The maximum absolute atomic E-state index is 11.5. The fourth-order valence-corrected chi connectivity index (χ4v) is 1.02. The molecule has 15 heavy (non-hydrogen) atoms. The van der Waals surface area contributed by atoms with Crippen molar-refractivity contribution in [3.05, 3.63) is 0 Å². The van der Waals surface area contributed by atoms with Gasteiger partial charge in [-0.3, -0.25) is 0 Å². The van der Waals surface area contributed by atoms with Crippen LogP contribution in [-0.4, -0.2) is 48.7 Å². The van der Waals surface area contributed by atoms with Crippen LogP contribution < -0.4 is 0 Å². The van der Waals surface area contributed by atoms with Crippen molar-refractivity contribution in [2.45, 2.75) is 26.4 Å². The second-order valence-electron chi connectivity index (χ2n) is 4.20. The van der Waals surface area contributed by atoms with Gasteiger partial charge < -0.3 is 14.4 Å². The lowest BCUT2D eigenvalue weighted by molar-refractivity contribution is 0.0239. The first-order valence-corrected chi connectivity index (χ1v) is 6.07. The molecule has 90 valence electrons. The smallest absolute Gasteiger partial charge is 0.410 e. The fraction of sp³-hybridized carbons (Fsp3) is 0.900. The third kappa shape index (κ3) is 8.69. The van der Waals surface area contributed by atoms with Crippen molar-refractivity contribution in [2.24, 2.45) is 0 Å². The summed E-state index contributed by atoms with van der Waals surface area (Å²) in [6.07, 6.45) is -0.315. The summed E-state index contributed by atoms with van der Waals surface area (Å²) in [7, 11) is 1.70. The minimum atomic E-state index is -0.442. The van der Waals surface area contributed by atoms with Crippen molar-refractivity contribution in [3.8, 4) is 0 Å². The van der Waals surface area contributed by atoms with Gasteiger partial charge in [-0.15, -0.1) is 0 Å². The lowest BCUT2D eigenvalue weighted by Gasteiger charge is -2.24. The van der Waals surface area contributed by atoms with Gasteiger partial charge in [-0.25, -0.2) is 4.79 Å². The van der Waals surface area contributed by atoms with Crippen LogP contribution in [0.25, 0.3) is 0 Å². The summed E-state index contributed by atoms with van der Waals surface area (Å²) in [6, 6.07) is 0. The van der Waals surface area contributed by atoms with E-state index in [1.165, 1.54) is 4.90 Å². The Balaban J connectivity index is 3.70. The molecule has 0 radical (unpaired) electrons. The molecule has 0 heterocycles. The number of rotatable bonds is 5. The van der Waals surface area contributed by atoms with Crippen LogP contribution in [0.4, 0.5) is 4.79 Å². The number of carbonyl (C=O) groups is 1. The Kier molecular flexibility index (Phi) is 6.92. The normalized spacial score (nSPS) is 11.3. The number of ether oxygens (including phenoxy) is 2. The second kappa shape index (κ2) is 7.06. The predicted octanol–water partition coefficient (Wildman–Crippen LogP) is 2.26. The summed E-state index contributed by atoms with van der Waals surface area (Å²) >= 11 is 3.26. The monoisotopic (exact) mass is 281 g/mol. The second-order valence-corrected chi connectivity index (χ2v) is 5.00.